The second-order valence-corrected chi connectivity index (χ2v) is 7.45. The minimum Gasteiger partial charge on any atom is -0.306 e. The number of fused-ring (bicyclic) bond motifs is 1. The summed E-state index contributed by atoms with van der Waals surface area (Å²) in [6, 6.07) is 9.69. The van der Waals surface area contributed by atoms with E-state index >= 15 is 0 Å². The number of hydrogen-bond acceptors (Lipinski definition) is 3. The summed E-state index contributed by atoms with van der Waals surface area (Å²) in [4.78, 5) is 16.4. The minimum absolute atomic E-state index is 0.0811. The quantitative estimate of drug-likeness (QED) is 0.650. The molecule has 2 aromatic carbocycles. The smallest absolute Gasteiger partial charge is 0.306 e. The lowest BCUT2D eigenvalue weighted by molar-refractivity contribution is 0.601. The molecule has 8 heteroatoms. The number of aryl methyl sites for hydroxylation is 1. The number of aromatic nitrogens is 2. The number of aromatic amines is 2. The van der Waals surface area contributed by atoms with E-state index in [-0.39, 0.29) is 10.6 Å². The van der Waals surface area contributed by atoms with E-state index in [1.54, 1.807) is 18.2 Å². The Morgan fingerprint density at radius 2 is 1.77 bits per heavy atom. The molecule has 0 aliphatic heterocycles. The first-order chi connectivity index (χ1) is 10.3. The van der Waals surface area contributed by atoms with Crippen LogP contribution >= 0.6 is 15.9 Å². The van der Waals surface area contributed by atoms with Crippen LogP contribution in [0.15, 0.2) is 50.6 Å². The van der Waals surface area contributed by atoms with Crippen LogP contribution in [0.3, 0.4) is 0 Å². The molecule has 3 N–H and O–H groups in total. The summed E-state index contributed by atoms with van der Waals surface area (Å²) >= 11 is 3.34. The summed E-state index contributed by atoms with van der Waals surface area (Å²) in [5, 5.41) is 0. The van der Waals surface area contributed by atoms with Gasteiger partial charge in [0.1, 0.15) is 0 Å². The molecule has 6 nitrogen and oxygen atoms in total. The van der Waals surface area contributed by atoms with E-state index in [0.29, 0.717) is 16.7 Å². The van der Waals surface area contributed by atoms with Gasteiger partial charge in [-0.15, -0.1) is 0 Å². The van der Waals surface area contributed by atoms with Crippen LogP contribution in [0.2, 0.25) is 0 Å². The molecule has 0 saturated carbocycles. The summed E-state index contributed by atoms with van der Waals surface area (Å²) < 4.78 is 28.4. The van der Waals surface area contributed by atoms with Crippen molar-refractivity contribution in [1.29, 1.82) is 0 Å². The second-order valence-electron chi connectivity index (χ2n) is 4.85. The first-order valence-corrected chi connectivity index (χ1v) is 8.64. The van der Waals surface area contributed by atoms with Crippen LogP contribution in [-0.4, -0.2) is 18.4 Å². The fourth-order valence-corrected chi connectivity index (χ4v) is 3.76. The van der Waals surface area contributed by atoms with Crippen molar-refractivity contribution in [2.24, 2.45) is 0 Å². The summed E-state index contributed by atoms with van der Waals surface area (Å²) in [5.41, 5.74) is 1.94. The predicted octanol–water partition coefficient (Wildman–Crippen LogP) is 2.73. The van der Waals surface area contributed by atoms with Gasteiger partial charge < -0.3 is 9.97 Å². The van der Waals surface area contributed by atoms with Crippen LogP contribution in [0.1, 0.15) is 5.56 Å². The van der Waals surface area contributed by atoms with Crippen LogP contribution in [-0.2, 0) is 10.0 Å². The van der Waals surface area contributed by atoms with Crippen LogP contribution in [0, 0.1) is 6.92 Å². The Morgan fingerprint density at radius 3 is 2.50 bits per heavy atom. The van der Waals surface area contributed by atoms with Gasteiger partial charge in [-0.25, -0.2) is 13.2 Å². The average Bonchev–Trinajstić information content (AvgIpc) is 2.81. The van der Waals surface area contributed by atoms with Crippen molar-refractivity contribution >= 4 is 42.7 Å². The molecule has 0 amide bonds. The van der Waals surface area contributed by atoms with Gasteiger partial charge in [0.05, 0.1) is 21.6 Å². The summed E-state index contributed by atoms with van der Waals surface area (Å²) in [6.45, 7) is 1.81. The molecule has 22 heavy (non-hydrogen) atoms. The Bertz CT molecular complexity index is 1020. The molecule has 0 aliphatic carbocycles. The van der Waals surface area contributed by atoms with Crippen LogP contribution < -0.4 is 10.4 Å². The molecular weight excluding hydrogens is 370 g/mol. The topological polar surface area (TPSA) is 94.8 Å². The molecule has 0 saturated heterocycles. The van der Waals surface area contributed by atoms with Gasteiger partial charge in [0.25, 0.3) is 10.0 Å². The Hall–Kier alpha value is -2.06. The number of sulfonamides is 1. The molecule has 114 valence electrons. The number of nitrogens with one attached hydrogen (secondary N) is 3. The molecule has 0 fully saturated rings. The van der Waals surface area contributed by atoms with Gasteiger partial charge in [-0.05, 0) is 48.9 Å². The molecule has 0 unspecified atom stereocenters. The van der Waals surface area contributed by atoms with E-state index in [4.69, 9.17) is 0 Å². The van der Waals surface area contributed by atoms with Crippen LogP contribution in [0.25, 0.3) is 11.0 Å². The van der Waals surface area contributed by atoms with Gasteiger partial charge in [-0.1, -0.05) is 15.9 Å². The fourth-order valence-electron chi connectivity index (χ4n) is 2.12. The van der Waals surface area contributed by atoms with Crippen molar-refractivity contribution in [3.05, 3.63) is 56.9 Å². The Kier molecular flexibility index (Phi) is 3.57. The van der Waals surface area contributed by atoms with Crippen molar-refractivity contribution in [3.63, 3.8) is 0 Å². The number of halogens is 1. The maximum absolute atomic E-state index is 12.5. The van der Waals surface area contributed by atoms with Gasteiger partial charge >= 0.3 is 5.69 Å². The van der Waals surface area contributed by atoms with Crippen molar-refractivity contribution in [2.45, 2.75) is 11.8 Å². The monoisotopic (exact) mass is 381 g/mol. The summed E-state index contributed by atoms with van der Waals surface area (Å²) in [7, 11) is -3.73. The standard InChI is InChI=1S/C14H12BrN3O3S/c1-8-6-9(15)2-4-11(8)18-22(20,21)10-3-5-12-13(7-10)17-14(19)16-12/h2-7,18H,1H3,(H2,16,17,19). The number of H-pyrrole nitrogens is 2. The lowest BCUT2D eigenvalue weighted by Gasteiger charge is -2.11. The minimum atomic E-state index is -3.73. The van der Waals surface area contributed by atoms with Gasteiger partial charge in [-0.3, -0.25) is 4.72 Å². The number of hydrogen-bond donors (Lipinski definition) is 3. The van der Waals surface area contributed by atoms with Gasteiger partial charge in [0, 0.05) is 4.47 Å². The fraction of sp³-hybridized carbons (Fsp3) is 0.0714. The molecule has 0 bridgehead atoms. The van der Waals surface area contributed by atoms with E-state index in [1.807, 2.05) is 13.0 Å². The number of benzene rings is 2. The summed E-state index contributed by atoms with van der Waals surface area (Å²) in [5.74, 6) is 0. The highest BCUT2D eigenvalue weighted by Gasteiger charge is 2.16. The summed E-state index contributed by atoms with van der Waals surface area (Å²) in [6.07, 6.45) is 0. The zero-order chi connectivity index (χ0) is 15.9. The van der Waals surface area contributed by atoms with E-state index in [1.165, 1.54) is 12.1 Å². The highest BCUT2D eigenvalue weighted by atomic mass is 79.9. The molecule has 3 rings (SSSR count). The third kappa shape index (κ3) is 2.79. The maximum atomic E-state index is 12.5. The first kappa shape index (κ1) is 14.9. The van der Waals surface area contributed by atoms with E-state index in [0.717, 1.165) is 10.0 Å². The third-order valence-electron chi connectivity index (χ3n) is 3.23. The van der Waals surface area contributed by atoms with Crippen molar-refractivity contribution < 1.29 is 8.42 Å². The van der Waals surface area contributed by atoms with E-state index in [2.05, 4.69) is 30.6 Å². The lowest BCUT2D eigenvalue weighted by atomic mass is 10.2. The molecule has 0 radical (unpaired) electrons. The Morgan fingerprint density at radius 1 is 1.05 bits per heavy atom. The van der Waals surface area contributed by atoms with Gasteiger partial charge in [0.15, 0.2) is 0 Å². The van der Waals surface area contributed by atoms with Crippen LogP contribution in [0.4, 0.5) is 5.69 Å². The zero-order valence-electron chi connectivity index (χ0n) is 11.5. The highest BCUT2D eigenvalue weighted by molar-refractivity contribution is 9.10. The lowest BCUT2D eigenvalue weighted by Crippen LogP contribution is -2.13. The van der Waals surface area contributed by atoms with Gasteiger partial charge in [0.2, 0.25) is 0 Å². The highest BCUT2D eigenvalue weighted by Crippen LogP contribution is 2.24. The van der Waals surface area contributed by atoms with E-state index in [9.17, 15) is 13.2 Å². The van der Waals surface area contributed by atoms with Crippen molar-refractivity contribution in [2.75, 3.05) is 4.72 Å². The van der Waals surface area contributed by atoms with E-state index < -0.39 is 10.0 Å². The molecule has 0 spiro atoms. The van der Waals surface area contributed by atoms with Crippen LogP contribution in [0.5, 0.6) is 0 Å². The zero-order valence-corrected chi connectivity index (χ0v) is 13.9. The normalized spacial score (nSPS) is 11.7. The number of imidazole rings is 1. The molecule has 3 aromatic rings. The molecule has 0 aliphatic rings. The molecule has 1 heterocycles. The molecular formula is C14H12BrN3O3S. The Balaban J connectivity index is 2.01. The number of rotatable bonds is 3. The van der Waals surface area contributed by atoms with Gasteiger partial charge in [-0.2, -0.15) is 0 Å². The molecule has 1 aromatic heterocycles. The Labute approximate surface area is 134 Å². The second kappa shape index (κ2) is 5.29. The van der Waals surface area contributed by atoms with Crippen molar-refractivity contribution in [3.8, 4) is 0 Å². The largest absolute Gasteiger partial charge is 0.323 e. The maximum Gasteiger partial charge on any atom is 0.323 e. The first-order valence-electron chi connectivity index (χ1n) is 6.36. The van der Waals surface area contributed by atoms with Crippen molar-refractivity contribution in [1.82, 2.24) is 9.97 Å². The third-order valence-corrected chi connectivity index (χ3v) is 5.09. The SMILES string of the molecule is Cc1cc(Br)ccc1NS(=O)(=O)c1ccc2[nH]c(=O)[nH]c2c1. The molecule has 0 atom stereocenters. The predicted molar refractivity (Wildman–Crippen MR) is 88.6 cm³/mol. The average molecular weight is 382 g/mol. The number of anilines is 1.